The third-order valence-electron chi connectivity index (χ3n) is 2.97. The second-order valence-electron chi connectivity index (χ2n) is 4.28. The highest BCUT2D eigenvalue weighted by Gasteiger charge is 2.08. The first-order valence-electron chi connectivity index (χ1n) is 5.84. The highest BCUT2D eigenvalue weighted by atomic mass is 35.5. The summed E-state index contributed by atoms with van der Waals surface area (Å²) in [6, 6.07) is 11.6. The van der Waals surface area contributed by atoms with Gasteiger partial charge in [-0.2, -0.15) is 0 Å². The Morgan fingerprint density at radius 2 is 1.89 bits per heavy atom. The molecule has 0 spiro atoms. The minimum atomic E-state index is 0.404. The van der Waals surface area contributed by atoms with Gasteiger partial charge in [0, 0.05) is 12.1 Å². The Hall–Kier alpha value is -1.51. The predicted octanol–water partition coefficient (Wildman–Crippen LogP) is 4.21. The Bertz CT molecular complexity index is 566. The van der Waals surface area contributed by atoms with Crippen molar-refractivity contribution in [2.24, 2.45) is 5.73 Å². The molecule has 94 valence electrons. The highest BCUT2D eigenvalue weighted by molar-refractivity contribution is 6.32. The van der Waals surface area contributed by atoms with Crippen LogP contribution < -0.4 is 10.5 Å². The van der Waals surface area contributed by atoms with Gasteiger partial charge in [0.2, 0.25) is 0 Å². The number of ether oxygens (including phenoxy) is 1. The van der Waals surface area contributed by atoms with Gasteiger partial charge in [-0.25, -0.2) is 0 Å². The minimum Gasteiger partial charge on any atom is -0.455 e. The van der Waals surface area contributed by atoms with Crippen molar-refractivity contribution in [3.05, 3.63) is 58.1 Å². The normalized spacial score (nSPS) is 10.4. The van der Waals surface area contributed by atoms with Crippen LogP contribution in [0, 0.1) is 13.8 Å². The van der Waals surface area contributed by atoms with E-state index < -0.39 is 0 Å². The first kappa shape index (κ1) is 12.9. The Labute approximate surface area is 112 Å². The zero-order chi connectivity index (χ0) is 13.1. The second kappa shape index (κ2) is 5.42. The van der Waals surface area contributed by atoms with Gasteiger partial charge in [0.1, 0.15) is 11.5 Å². The van der Waals surface area contributed by atoms with Crippen LogP contribution in [0.2, 0.25) is 5.02 Å². The van der Waals surface area contributed by atoms with Gasteiger partial charge >= 0.3 is 0 Å². The van der Waals surface area contributed by atoms with E-state index in [9.17, 15) is 0 Å². The zero-order valence-corrected chi connectivity index (χ0v) is 11.3. The zero-order valence-electron chi connectivity index (χ0n) is 10.5. The molecule has 0 saturated heterocycles. The van der Waals surface area contributed by atoms with Crippen LogP contribution in [0.5, 0.6) is 11.5 Å². The first-order chi connectivity index (χ1) is 8.61. The van der Waals surface area contributed by atoms with E-state index in [1.54, 1.807) is 6.07 Å². The fraction of sp³-hybridized carbons (Fsp3) is 0.200. The molecule has 2 aromatic carbocycles. The number of rotatable bonds is 3. The van der Waals surface area contributed by atoms with E-state index in [0.717, 1.165) is 11.3 Å². The summed E-state index contributed by atoms with van der Waals surface area (Å²) in [5, 5.41) is 0.580. The van der Waals surface area contributed by atoms with Gasteiger partial charge in [-0.1, -0.05) is 29.8 Å². The van der Waals surface area contributed by atoms with Crippen molar-refractivity contribution in [1.82, 2.24) is 0 Å². The molecule has 0 heterocycles. The molecule has 0 unspecified atom stereocenters. The van der Waals surface area contributed by atoms with Gasteiger partial charge in [-0.15, -0.1) is 0 Å². The van der Waals surface area contributed by atoms with Crippen LogP contribution in [0.15, 0.2) is 36.4 Å². The number of aryl methyl sites for hydroxylation is 2. The van der Waals surface area contributed by atoms with Crippen molar-refractivity contribution in [3.8, 4) is 11.5 Å². The molecule has 0 aliphatic rings. The van der Waals surface area contributed by atoms with E-state index >= 15 is 0 Å². The molecular weight excluding hydrogens is 246 g/mol. The Morgan fingerprint density at radius 3 is 2.56 bits per heavy atom. The fourth-order valence-electron chi connectivity index (χ4n) is 1.72. The topological polar surface area (TPSA) is 35.2 Å². The number of benzene rings is 2. The van der Waals surface area contributed by atoms with Crippen LogP contribution in [0.1, 0.15) is 16.7 Å². The van der Waals surface area contributed by atoms with Crippen molar-refractivity contribution in [3.63, 3.8) is 0 Å². The first-order valence-corrected chi connectivity index (χ1v) is 6.22. The van der Waals surface area contributed by atoms with E-state index in [-0.39, 0.29) is 0 Å². The molecule has 0 radical (unpaired) electrons. The lowest BCUT2D eigenvalue weighted by Gasteiger charge is -2.12. The van der Waals surface area contributed by atoms with Crippen LogP contribution in [0.25, 0.3) is 0 Å². The van der Waals surface area contributed by atoms with E-state index in [2.05, 4.69) is 13.8 Å². The molecule has 2 rings (SSSR count). The summed E-state index contributed by atoms with van der Waals surface area (Å²) in [6.07, 6.45) is 0. The maximum absolute atomic E-state index is 6.15. The maximum Gasteiger partial charge on any atom is 0.150 e. The van der Waals surface area contributed by atoms with Gasteiger partial charge < -0.3 is 10.5 Å². The van der Waals surface area contributed by atoms with Crippen molar-refractivity contribution < 1.29 is 4.74 Å². The summed E-state index contributed by atoms with van der Waals surface area (Å²) in [6.45, 7) is 4.53. The quantitative estimate of drug-likeness (QED) is 0.898. The van der Waals surface area contributed by atoms with E-state index in [1.165, 1.54) is 11.1 Å². The number of halogens is 1. The van der Waals surface area contributed by atoms with Gasteiger partial charge in [0.05, 0.1) is 5.02 Å². The fourth-order valence-corrected chi connectivity index (χ4v) is 1.96. The lowest BCUT2D eigenvalue weighted by molar-refractivity contribution is 0.476. The van der Waals surface area contributed by atoms with E-state index in [1.807, 2.05) is 30.3 Å². The molecule has 18 heavy (non-hydrogen) atoms. The molecule has 0 aliphatic carbocycles. The standard InChI is InChI=1S/C15H16ClNO/c1-10-6-7-13(8-11(10)2)18-15-12(9-17)4-3-5-14(15)16/h3-8H,9,17H2,1-2H3. The predicted molar refractivity (Wildman–Crippen MR) is 75.3 cm³/mol. The van der Waals surface area contributed by atoms with Crippen molar-refractivity contribution in [1.29, 1.82) is 0 Å². The van der Waals surface area contributed by atoms with E-state index in [0.29, 0.717) is 17.3 Å². The monoisotopic (exact) mass is 261 g/mol. The van der Waals surface area contributed by atoms with Gasteiger partial charge in [0.15, 0.2) is 0 Å². The smallest absolute Gasteiger partial charge is 0.150 e. The van der Waals surface area contributed by atoms with Crippen LogP contribution in [-0.4, -0.2) is 0 Å². The molecule has 2 aromatic rings. The highest BCUT2D eigenvalue weighted by Crippen LogP contribution is 2.33. The maximum atomic E-state index is 6.15. The average molecular weight is 262 g/mol. The molecule has 2 N–H and O–H groups in total. The largest absolute Gasteiger partial charge is 0.455 e. The van der Waals surface area contributed by atoms with Crippen molar-refractivity contribution in [2.45, 2.75) is 20.4 Å². The summed E-state index contributed by atoms with van der Waals surface area (Å²) in [4.78, 5) is 0. The Kier molecular flexibility index (Phi) is 3.90. The van der Waals surface area contributed by atoms with Gasteiger partial charge in [-0.05, 0) is 43.2 Å². The lowest BCUT2D eigenvalue weighted by Crippen LogP contribution is -2.00. The average Bonchev–Trinajstić information content (AvgIpc) is 2.36. The van der Waals surface area contributed by atoms with Crippen LogP contribution in [0.4, 0.5) is 0 Å². The molecule has 0 bridgehead atoms. The van der Waals surface area contributed by atoms with Crippen LogP contribution >= 0.6 is 11.6 Å². The summed E-state index contributed by atoms with van der Waals surface area (Å²) < 4.78 is 5.86. The van der Waals surface area contributed by atoms with Gasteiger partial charge in [-0.3, -0.25) is 0 Å². The summed E-state index contributed by atoms with van der Waals surface area (Å²) >= 11 is 6.15. The molecular formula is C15H16ClNO. The molecule has 0 aromatic heterocycles. The molecule has 0 amide bonds. The van der Waals surface area contributed by atoms with Crippen LogP contribution in [-0.2, 0) is 6.54 Å². The Balaban J connectivity index is 2.36. The van der Waals surface area contributed by atoms with Gasteiger partial charge in [0.25, 0.3) is 0 Å². The summed E-state index contributed by atoms with van der Waals surface area (Å²) in [5.41, 5.74) is 9.02. The number of hydrogen-bond acceptors (Lipinski definition) is 2. The third-order valence-corrected chi connectivity index (χ3v) is 3.26. The Morgan fingerprint density at radius 1 is 1.11 bits per heavy atom. The second-order valence-corrected chi connectivity index (χ2v) is 4.69. The molecule has 0 saturated carbocycles. The third kappa shape index (κ3) is 2.66. The molecule has 0 atom stereocenters. The van der Waals surface area contributed by atoms with Crippen LogP contribution in [0.3, 0.4) is 0 Å². The number of nitrogens with two attached hydrogens (primary N) is 1. The lowest BCUT2D eigenvalue weighted by atomic mass is 10.1. The SMILES string of the molecule is Cc1ccc(Oc2c(Cl)cccc2CN)cc1C. The minimum absolute atomic E-state index is 0.404. The molecule has 0 fully saturated rings. The molecule has 3 heteroatoms. The van der Waals surface area contributed by atoms with Crippen molar-refractivity contribution >= 4 is 11.6 Å². The number of hydrogen-bond donors (Lipinski definition) is 1. The molecule has 0 aliphatic heterocycles. The summed E-state index contributed by atoms with van der Waals surface area (Å²) in [7, 11) is 0. The van der Waals surface area contributed by atoms with E-state index in [4.69, 9.17) is 22.1 Å². The molecule has 2 nitrogen and oxygen atoms in total. The number of para-hydroxylation sites is 1. The summed E-state index contributed by atoms with van der Waals surface area (Å²) in [5.74, 6) is 1.42. The van der Waals surface area contributed by atoms with Crippen molar-refractivity contribution in [2.75, 3.05) is 0 Å².